The fourth-order valence-corrected chi connectivity index (χ4v) is 12.9. The number of imide groups is 1. The number of amides is 9. The van der Waals surface area contributed by atoms with E-state index in [2.05, 4.69) is 36.8 Å². The van der Waals surface area contributed by atoms with E-state index < -0.39 is 143 Å². The number of fused-ring (bicyclic) bond motifs is 6. The van der Waals surface area contributed by atoms with Gasteiger partial charge in [-0.05, 0) is 74.1 Å². The second kappa shape index (κ2) is 29.3. The summed E-state index contributed by atoms with van der Waals surface area (Å²) < 4.78 is 43.2. The number of carbonyl (C=O) groups is 10. The van der Waals surface area contributed by atoms with Crippen LogP contribution in [0.1, 0.15) is 147 Å². The van der Waals surface area contributed by atoms with Crippen molar-refractivity contribution in [2.45, 2.75) is 159 Å². The summed E-state index contributed by atoms with van der Waals surface area (Å²) in [4.78, 5) is 135. The molecule has 3 aliphatic heterocycles. The molecule has 492 valence electrons. The van der Waals surface area contributed by atoms with Crippen LogP contribution in [0.3, 0.4) is 0 Å². The molecule has 9 rings (SSSR count). The third-order valence-corrected chi connectivity index (χ3v) is 17.5. The molecular formula is C63H81N9O19. The number of hydrogen-bond donors (Lipinski definition) is 10. The summed E-state index contributed by atoms with van der Waals surface area (Å²) in [5.74, 6) is -6.78. The first-order valence-electron chi connectivity index (χ1n) is 31.3. The van der Waals surface area contributed by atoms with Crippen LogP contribution in [0.5, 0.6) is 17.2 Å². The quantitative estimate of drug-likeness (QED) is 0.0245. The minimum Gasteiger partial charge on any atom is -0.507 e. The van der Waals surface area contributed by atoms with Crippen LogP contribution >= 0.6 is 0 Å². The highest BCUT2D eigenvalue weighted by Gasteiger charge is 2.55. The summed E-state index contributed by atoms with van der Waals surface area (Å²) in [6.45, 7) is 6.07. The maximum atomic E-state index is 14.3. The SMILES string of the molecule is [3H]C1CC(=O)N(CCCCCC(=O)N[C@H](C(=O)N[C@@H](CCCNC(N)=O)C(=O)Nc2ccc(COC(=O)NCCNC(=O)[C@]3(O)Cc4c(O)c5c(c(O)c4[C@@H](O[C@@H]4C[C@@H](C)[C@H]6O[C@@H]7[C@@H](OC)OCCN7[C@H]6C4)C3)C(=O)c3c(OC)cccc3C5=O)cc2)C(C)C)C1=O. The first kappa shape index (κ1) is 65.7. The number of aliphatic hydroxyl groups is 1. The molecule has 28 nitrogen and oxygen atoms in total. The normalized spacial score (nSPS) is 25.0. The van der Waals surface area contributed by atoms with Gasteiger partial charge in [-0.1, -0.05) is 51.5 Å². The Morgan fingerprint density at radius 3 is 2.31 bits per heavy atom. The van der Waals surface area contributed by atoms with Gasteiger partial charge in [0.2, 0.25) is 35.3 Å². The van der Waals surface area contributed by atoms with E-state index in [0.29, 0.717) is 56.5 Å². The number of anilines is 1. The highest BCUT2D eigenvalue weighted by molar-refractivity contribution is 6.31. The van der Waals surface area contributed by atoms with E-state index in [-0.39, 0.29) is 110 Å². The first-order valence-corrected chi connectivity index (χ1v) is 30.7. The van der Waals surface area contributed by atoms with Crippen LogP contribution in [0.25, 0.3) is 0 Å². The monoisotopic (exact) mass is 1270 g/mol. The summed E-state index contributed by atoms with van der Waals surface area (Å²) in [6.07, 6.45) is -3.69. The molecule has 0 bridgehead atoms. The van der Waals surface area contributed by atoms with Gasteiger partial charge >= 0.3 is 12.1 Å². The third-order valence-electron chi connectivity index (χ3n) is 17.5. The number of nitrogens with two attached hydrogens (primary N) is 1. The minimum absolute atomic E-state index is 0.0521. The number of hydrogen-bond acceptors (Lipinski definition) is 20. The number of likely N-dealkylation sites (tertiary alicyclic amines) is 1. The summed E-state index contributed by atoms with van der Waals surface area (Å²) in [5, 5.41) is 52.5. The van der Waals surface area contributed by atoms with Gasteiger partial charge in [0.25, 0.3) is 5.91 Å². The van der Waals surface area contributed by atoms with Crippen molar-refractivity contribution in [3.05, 3.63) is 81.4 Å². The number of primary amides is 1. The van der Waals surface area contributed by atoms with Crippen molar-refractivity contribution in [2.75, 3.05) is 58.9 Å². The highest BCUT2D eigenvalue weighted by Crippen LogP contribution is 2.53. The third kappa shape index (κ3) is 15.1. The maximum absolute atomic E-state index is 14.3. The Bertz CT molecular complexity index is 3330. The number of benzene rings is 3. The van der Waals surface area contributed by atoms with Gasteiger partial charge in [0.1, 0.15) is 41.5 Å². The molecule has 3 saturated heterocycles. The molecule has 28 heteroatoms. The van der Waals surface area contributed by atoms with E-state index in [0.717, 1.165) is 4.90 Å². The van der Waals surface area contributed by atoms with Gasteiger partial charge in [-0.25, -0.2) is 9.59 Å². The largest absolute Gasteiger partial charge is 0.507 e. The Morgan fingerprint density at radius 1 is 0.857 bits per heavy atom. The topological polar surface area (TPSA) is 391 Å². The van der Waals surface area contributed by atoms with Crippen molar-refractivity contribution in [3.63, 3.8) is 0 Å². The van der Waals surface area contributed by atoms with E-state index in [4.69, 9.17) is 35.5 Å². The number of urea groups is 1. The van der Waals surface area contributed by atoms with Crippen molar-refractivity contribution in [3.8, 4) is 17.2 Å². The van der Waals surface area contributed by atoms with E-state index in [1.807, 2.05) is 6.92 Å². The molecule has 9 amide bonds. The molecule has 0 spiro atoms. The van der Waals surface area contributed by atoms with Crippen LogP contribution in [0.15, 0.2) is 42.5 Å². The standard InChI is InChI=1S/C63H81N9O19/c1-32(2)50(70-43(73)14-7-6-8-24-72-44(74)19-20-45(72)75)57(81)69-39(12-10-21-66-61(64)83)56(80)68-35-17-15-34(16-18-35)31-89-62(84)67-23-22-65-60(82)63(85)29-38-47(54(79)49-48(52(38)77)51(76)37-11-9-13-41(86-4)46(37)53(49)78)42(30-63)90-36-27-33(3)55-40(28-36)71-25-26-88-59(87-5)58(71)91-55/h9,11,13,15-18,32-33,36,39-40,42,50,55,58-59,77,79,85H,6-8,10,12,14,19-31H2,1-5H3,(H,65,82)(H,67,84)(H,68,80)(H,69,81)(H,70,73)(H3,64,66,83)/t33-,36-,39+,40+,42+,50+,55-,58-,59+,63+/m1/s1/i19T/t19?,33-,36-,39+,40+,42+,50+,55-,58-,59+,63+. The molecule has 3 aromatic rings. The number of aromatic hydroxyl groups is 2. The lowest BCUT2D eigenvalue weighted by Crippen LogP contribution is -2.54. The van der Waals surface area contributed by atoms with Gasteiger partial charge < -0.3 is 81.4 Å². The maximum Gasteiger partial charge on any atom is 0.407 e. The predicted octanol–water partition coefficient (Wildman–Crippen LogP) is 2.58. The first-order chi connectivity index (χ1) is 43.9. The number of phenolic OH excluding ortho intramolecular Hbond substituents is 2. The molecule has 3 heterocycles. The van der Waals surface area contributed by atoms with Gasteiger partial charge in [-0.3, -0.25) is 48.2 Å². The van der Waals surface area contributed by atoms with Crippen molar-refractivity contribution >= 4 is 64.8 Å². The van der Waals surface area contributed by atoms with Crippen molar-refractivity contribution in [2.24, 2.45) is 17.6 Å². The summed E-state index contributed by atoms with van der Waals surface area (Å²) >= 11 is 0. The summed E-state index contributed by atoms with van der Waals surface area (Å²) in [6, 6.07) is 7.58. The lowest BCUT2D eigenvalue weighted by molar-refractivity contribution is -0.245. The summed E-state index contributed by atoms with van der Waals surface area (Å²) in [5.41, 5.74) is 2.36. The number of alkyl carbamates (subject to hydrolysis) is 1. The van der Waals surface area contributed by atoms with Gasteiger partial charge in [-0.2, -0.15) is 0 Å². The van der Waals surface area contributed by atoms with E-state index >= 15 is 0 Å². The van der Waals surface area contributed by atoms with Gasteiger partial charge in [0, 0.05) is 102 Å². The molecule has 11 atom stereocenters. The molecule has 1 unspecified atom stereocenters. The minimum atomic E-state index is -2.33. The van der Waals surface area contributed by atoms with Crippen LogP contribution in [0.2, 0.25) is 0 Å². The Morgan fingerprint density at radius 2 is 1.60 bits per heavy atom. The predicted molar refractivity (Wildman–Crippen MR) is 321 cm³/mol. The molecule has 6 aliphatic rings. The molecule has 3 aromatic carbocycles. The van der Waals surface area contributed by atoms with Crippen LogP contribution < -0.4 is 42.4 Å². The fraction of sp³-hybridized carbons (Fsp3) is 0.556. The summed E-state index contributed by atoms with van der Waals surface area (Å²) in [7, 11) is 2.87. The number of methoxy groups -OCH3 is 2. The smallest absolute Gasteiger partial charge is 0.407 e. The van der Waals surface area contributed by atoms with E-state index in [1.54, 1.807) is 45.2 Å². The Kier molecular flexibility index (Phi) is 21.2. The number of ether oxygens (including phenoxy) is 6. The Labute approximate surface area is 526 Å². The van der Waals surface area contributed by atoms with Gasteiger partial charge in [0.05, 0.1) is 48.7 Å². The number of nitrogens with zero attached hydrogens (tertiary/aromatic N) is 2. The number of ketones is 2. The number of nitrogens with one attached hydrogen (secondary N) is 6. The lowest BCUT2D eigenvalue weighted by atomic mass is 9.72. The molecule has 1 saturated carbocycles. The Balaban J connectivity index is 0.787. The number of phenols is 2. The average Bonchev–Trinajstić information content (AvgIpc) is 0.884. The van der Waals surface area contributed by atoms with Crippen LogP contribution in [-0.4, -0.2) is 186 Å². The Hall–Kier alpha value is -8.28. The number of rotatable bonds is 26. The zero-order valence-corrected chi connectivity index (χ0v) is 51.5. The van der Waals surface area contributed by atoms with Crippen molar-refractivity contribution in [1.29, 1.82) is 0 Å². The highest BCUT2D eigenvalue weighted by atomic mass is 16.7. The second-order valence-electron chi connectivity index (χ2n) is 24.1. The van der Waals surface area contributed by atoms with E-state index in [1.165, 1.54) is 25.3 Å². The van der Waals surface area contributed by atoms with Crippen LogP contribution in [0.4, 0.5) is 15.3 Å². The van der Waals surface area contributed by atoms with Crippen molar-refractivity contribution in [1.82, 2.24) is 36.4 Å². The van der Waals surface area contributed by atoms with Crippen LogP contribution in [-0.2, 0) is 65.5 Å². The van der Waals surface area contributed by atoms with Crippen LogP contribution in [0, 0.1) is 11.8 Å². The second-order valence-corrected chi connectivity index (χ2v) is 24.1. The number of carbonyl (C=O) groups excluding carboxylic acids is 10. The van der Waals surface area contributed by atoms with Gasteiger partial charge in [0.15, 0.2) is 18.3 Å². The zero-order valence-electron chi connectivity index (χ0n) is 52.5. The number of unbranched alkanes of at least 4 members (excludes halogenated alkanes) is 2. The molecule has 4 fully saturated rings. The molecule has 0 radical (unpaired) electrons. The van der Waals surface area contributed by atoms with E-state index in [9.17, 15) is 63.3 Å². The fourth-order valence-electron chi connectivity index (χ4n) is 12.9. The lowest BCUT2D eigenvalue weighted by Gasteiger charge is -2.43. The molecule has 91 heavy (non-hydrogen) atoms. The van der Waals surface area contributed by atoms with Crippen molar-refractivity contribution < 1.29 is 93.1 Å². The molecule has 11 N–H and O–H groups in total. The number of morpholine rings is 1. The zero-order chi connectivity index (χ0) is 66.3. The van der Waals surface area contributed by atoms with Gasteiger partial charge in [-0.15, -0.1) is 0 Å². The molecular weight excluding hydrogens is 1190 g/mol. The molecule has 3 aliphatic carbocycles. The average molecular weight is 1270 g/mol. The molecule has 0 aromatic heterocycles.